The zero-order valence-electron chi connectivity index (χ0n) is 15.5. The van der Waals surface area contributed by atoms with Gasteiger partial charge in [0.25, 0.3) is 0 Å². The number of nitrogens with one attached hydrogen (secondary N) is 2. The molecule has 1 saturated heterocycles. The average Bonchev–Trinajstić information content (AvgIpc) is 3.10. The molecular formula is C16H27N5O3S2. The molecule has 2 heterocycles. The fraction of sp³-hybridized carbons (Fsp3) is 0.625. The number of furan rings is 1. The number of hydrogen-bond donors (Lipinski definition) is 2. The van der Waals surface area contributed by atoms with Crippen LogP contribution >= 0.6 is 11.8 Å². The lowest BCUT2D eigenvalue weighted by molar-refractivity contribution is 0.344. The number of aliphatic imine (C=N–C) groups is 2. The Morgan fingerprint density at radius 3 is 2.42 bits per heavy atom. The van der Waals surface area contributed by atoms with Crippen molar-refractivity contribution in [2.75, 3.05) is 32.9 Å². The SMILES string of the molecule is CCCCN=C1NS(=O)(=O)NC1=NCCSCc1ccc(CN(C)C)o1. The Kier molecular flexibility index (Phi) is 7.98. The molecule has 1 fully saturated rings. The third kappa shape index (κ3) is 7.00. The van der Waals surface area contributed by atoms with Gasteiger partial charge in [0, 0.05) is 12.3 Å². The molecule has 0 saturated carbocycles. The maximum Gasteiger partial charge on any atom is 0.324 e. The first-order valence-electron chi connectivity index (χ1n) is 8.59. The van der Waals surface area contributed by atoms with Crippen molar-refractivity contribution >= 4 is 33.6 Å². The van der Waals surface area contributed by atoms with Crippen molar-refractivity contribution in [2.45, 2.75) is 32.1 Å². The van der Waals surface area contributed by atoms with E-state index in [4.69, 9.17) is 4.42 Å². The molecule has 0 aromatic carbocycles. The number of amidine groups is 2. The van der Waals surface area contributed by atoms with E-state index in [1.54, 1.807) is 11.8 Å². The van der Waals surface area contributed by atoms with E-state index in [9.17, 15) is 8.42 Å². The number of nitrogens with zero attached hydrogens (tertiary/aromatic N) is 3. The molecule has 10 heteroatoms. The lowest BCUT2D eigenvalue weighted by Gasteiger charge is -2.05. The first kappa shape index (κ1) is 20.8. The van der Waals surface area contributed by atoms with Crippen LogP contribution in [0.25, 0.3) is 0 Å². The molecule has 1 aliphatic heterocycles. The normalized spacial score (nSPS) is 19.2. The zero-order valence-corrected chi connectivity index (χ0v) is 17.1. The molecule has 1 aliphatic rings. The van der Waals surface area contributed by atoms with E-state index in [1.807, 2.05) is 26.2 Å². The maximum absolute atomic E-state index is 11.6. The van der Waals surface area contributed by atoms with E-state index >= 15 is 0 Å². The van der Waals surface area contributed by atoms with Crippen LogP contribution in [0.15, 0.2) is 26.5 Å². The van der Waals surface area contributed by atoms with Crippen molar-refractivity contribution in [3.05, 3.63) is 23.7 Å². The van der Waals surface area contributed by atoms with Crippen molar-refractivity contribution in [3.8, 4) is 0 Å². The molecule has 0 amide bonds. The van der Waals surface area contributed by atoms with Gasteiger partial charge in [-0.2, -0.15) is 20.2 Å². The van der Waals surface area contributed by atoms with E-state index in [-0.39, 0.29) is 0 Å². The molecule has 0 atom stereocenters. The van der Waals surface area contributed by atoms with Crippen molar-refractivity contribution in [1.29, 1.82) is 0 Å². The third-order valence-electron chi connectivity index (χ3n) is 3.41. The second-order valence-electron chi connectivity index (χ2n) is 6.18. The molecule has 0 unspecified atom stereocenters. The predicted molar refractivity (Wildman–Crippen MR) is 107 cm³/mol. The molecule has 0 radical (unpaired) electrons. The molecule has 0 bridgehead atoms. The van der Waals surface area contributed by atoms with Crippen molar-refractivity contribution in [3.63, 3.8) is 0 Å². The summed E-state index contributed by atoms with van der Waals surface area (Å²) in [7, 11) is 0.442. The minimum Gasteiger partial charge on any atom is -0.464 e. The summed E-state index contributed by atoms with van der Waals surface area (Å²) in [6.45, 7) is 3.93. The van der Waals surface area contributed by atoms with Crippen LogP contribution in [0.4, 0.5) is 0 Å². The molecule has 0 aliphatic carbocycles. The maximum atomic E-state index is 11.6. The number of rotatable bonds is 10. The molecule has 26 heavy (non-hydrogen) atoms. The quantitative estimate of drug-likeness (QED) is 0.580. The Morgan fingerprint density at radius 1 is 1.12 bits per heavy atom. The summed E-state index contributed by atoms with van der Waals surface area (Å²) >= 11 is 1.69. The first-order chi connectivity index (χ1) is 12.4. The van der Waals surface area contributed by atoms with Gasteiger partial charge in [-0.05, 0) is 32.6 Å². The predicted octanol–water partition coefficient (Wildman–Crippen LogP) is 1.61. The summed E-state index contributed by atoms with van der Waals surface area (Å²) in [5, 5.41) is 0. The fourth-order valence-electron chi connectivity index (χ4n) is 2.23. The highest BCUT2D eigenvalue weighted by Crippen LogP contribution is 2.16. The van der Waals surface area contributed by atoms with Gasteiger partial charge in [-0.25, -0.2) is 9.44 Å². The number of hydrogen-bond acceptors (Lipinski definition) is 7. The molecule has 8 nitrogen and oxygen atoms in total. The van der Waals surface area contributed by atoms with E-state index in [0.29, 0.717) is 24.8 Å². The fourth-order valence-corrected chi connectivity index (χ4v) is 3.83. The van der Waals surface area contributed by atoms with Crippen LogP contribution < -0.4 is 9.44 Å². The smallest absolute Gasteiger partial charge is 0.324 e. The van der Waals surface area contributed by atoms with Crippen LogP contribution in [0.2, 0.25) is 0 Å². The van der Waals surface area contributed by atoms with Gasteiger partial charge in [-0.15, -0.1) is 0 Å². The van der Waals surface area contributed by atoms with Gasteiger partial charge < -0.3 is 9.32 Å². The molecule has 146 valence electrons. The Labute approximate surface area is 159 Å². The van der Waals surface area contributed by atoms with Crippen molar-refractivity contribution in [2.24, 2.45) is 9.98 Å². The summed E-state index contributed by atoms with van der Waals surface area (Å²) in [6.07, 6.45) is 1.91. The summed E-state index contributed by atoms with van der Waals surface area (Å²) in [6, 6.07) is 3.99. The topological polar surface area (TPSA) is 99.3 Å². The van der Waals surface area contributed by atoms with Crippen LogP contribution in [0.1, 0.15) is 31.3 Å². The van der Waals surface area contributed by atoms with Crippen LogP contribution in [-0.4, -0.2) is 57.9 Å². The molecule has 2 rings (SSSR count). The summed E-state index contributed by atoms with van der Waals surface area (Å²) in [5.74, 6) is 4.02. The lowest BCUT2D eigenvalue weighted by Crippen LogP contribution is -2.24. The van der Waals surface area contributed by atoms with Gasteiger partial charge in [0.15, 0.2) is 11.7 Å². The Balaban J connectivity index is 1.79. The average molecular weight is 402 g/mol. The Morgan fingerprint density at radius 2 is 1.77 bits per heavy atom. The van der Waals surface area contributed by atoms with E-state index < -0.39 is 10.2 Å². The molecule has 1 aromatic rings. The first-order valence-corrected chi connectivity index (χ1v) is 11.2. The zero-order chi connectivity index (χ0) is 19.0. The van der Waals surface area contributed by atoms with Gasteiger partial charge in [-0.1, -0.05) is 13.3 Å². The molecule has 1 aromatic heterocycles. The van der Waals surface area contributed by atoms with Crippen molar-refractivity contribution < 1.29 is 12.8 Å². The molecule has 2 N–H and O–H groups in total. The van der Waals surface area contributed by atoms with Crippen LogP contribution in [0, 0.1) is 0 Å². The Hall–Kier alpha value is -1.52. The van der Waals surface area contributed by atoms with Gasteiger partial charge in [0.2, 0.25) is 0 Å². The van der Waals surface area contributed by atoms with E-state index in [1.165, 1.54) is 0 Å². The van der Waals surface area contributed by atoms with Crippen LogP contribution in [0.3, 0.4) is 0 Å². The van der Waals surface area contributed by atoms with Gasteiger partial charge in [-0.3, -0.25) is 9.98 Å². The standard InChI is InChI=1S/C16H27N5O3S2/c1-4-5-8-17-15-16(20-26(22,23)19-15)18-9-10-25-12-14-7-6-13(24-14)11-21(2)3/h6-7H,4-5,8-12H2,1-3H3,(H,17,19)(H,18,20). The highest BCUT2D eigenvalue weighted by atomic mass is 32.2. The third-order valence-corrected chi connectivity index (χ3v) is 5.29. The summed E-state index contributed by atoms with van der Waals surface area (Å²) in [5.41, 5.74) is 0. The van der Waals surface area contributed by atoms with Gasteiger partial charge in [0.1, 0.15) is 11.5 Å². The molecule has 0 spiro atoms. The molecular weight excluding hydrogens is 374 g/mol. The highest BCUT2D eigenvalue weighted by molar-refractivity contribution is 7.98. The van der Waals surface area contributed by atoms with Gasteiger partial charge >= 0.3 is 10.2 Å². The van der Waals surface area contributed by atoms with Crippen molar-refractivity contribution in [1.82, 2.24) is 14.3 Å². The summed E-state index contributed by atoms with van der Waals surface area (Å²) in [4.78, 5) is 10.7. The van der Waals surface area contributed by atoms with E-state index in [0.717, 1.165) is 42.4 Å². The largest absolute Gasteiger partial charge is 0.464 e. The van der Waals surface area contributed by atoms with Crippen LogP contribution in [0.5, 0.6) is 0 Å². The second kappa shape index (κ2) is 9.98. The second-order valence-corrected chi connectivity index (χ2v) is 8.70. The Bertz CT molecular complexity index is 741. The monoisotopic (exact) mass is 401 g/mol. The number of unbranched alkanes of at least 4 members (excludes halogenated alkanes) is 1. The summed E-state index contributed by atoms with van der Waals surface area (Å²) < 4.78 is 33.8. The van der Waals surface area contributed by atoms with Gasteiger partial charge in [0.05, 0.1) is 18.8 Å². The minimum atomic E-state index is -3.56. The van der Waals surface area contributed by atoms with Crippen LogP contribution in [-0.2, 0) is 22.5 Å². The van der Waals surface area contributed by atoms with E-state index in [2.05, 4.69) is 31.3 Å². The number of thioether (sulfide) groups is 1. The lowest BCUT2D eigenvalue weighted by atomic mass is 10.3. The highest BCUT2D eigenvalue weighted by Gasteiger charge is 2.27. The minimum absolute atomic E-state index is 0.299.